The molecule has 0 unspecified atom stereocenters. The molecular weight excluding hydrogens is 612 g/mol. The number of carbonyl (C=O) groups excluding carboxylic acids is 3. The summed E-state index contributed by atoms with van der Waals surface area (Å²) in [5, 5.41) is 0. The molecule has 0 fully saturated rings. The predicted molar refractivity (Wildman–Crippen MR) is 206 cm³/mol. The standard InChI is InChI=1S/C43H80O6/c1-4-7-10-12-14-16-18-20-21-23-24-26-28-30-33-36-42(45)48-39-40(38-47-41(44)35-32-9-6-3)49-43(46)37-34-31-29-27-25-22-19-17-15-13-11-8-5-2/h20-21,40H,4-19,22-39H2,1-3H3/b21-20-/t40-/m0/s1. The van der Waals surface area contributed by atoms with Gasteiger partial charge in [0, 0.05) is 19.3 Å². The Hall–Kier alpha value is -1.85. The highest BCUT2D eigenvalue weighted by molar-refractivity contribution is 5.71. The van der Waals surface area contributed by atoms with Gasteiger partial charge < -0.3 is 14.2 Å². The molecule has 0 aliphatic carbocycles. The SMILES string of the molecule is CCCCCCCC/C=C\CCCCCCCC(=O)OC[C@H](COC(=O)CCCCC)OC(=O)CCCCCCCCCCCCCCC. The number of carbonyl (C=O) groups is 3. The number of hydrogen-bond acceptors (Lipinski definition) is 6. The molecule has 0 saturated carbocycles. The van der Waals surface area contributed by atoms with Crippen LogP contribution >= 0.6 is 0 Å². The summed E-state index contributed by atoms with van der Waals surface area (Å²) in [6.07, 6.45) is 39.7. The van der Waals surface area contributed by atoms with Gasteiger partial charge in [-0.15, -0.1) is 0 Å². The fourth-order valence-electron chi connectivity index (χ4n) is 6.02. The smallest absolute Gasteiger partial charge is 0.306 e. The van der Waals surface area contributed by atoms with Crippen molar-refractivity contribution < 1.29 is 28.6 Å². The Kier molecular flexibility index (Phi) is 37.5. The first-order valence-electron chi connectivity index (χ1n) is 21.2. The lowest BCUT2D eigenvalue weighted by atomic mass is 10.0. The molecule has 1 atom stereocenters. The highest BCUT2D eigenvalue weighted by Crippen LogP contribution is 2.14. The molecule has 288 valence electrons. The van der Waals surface area contributed by atoms with E-state index in [1.54, 1.807) is 0 Å². The maximum Gasteiger partial charge on any atom is 0.306 e. The van der Waals surface area contributed by atoms with E-state index in [9.17, 15) is 14.4 Å². The van der Waals surface area contributed by atoms with Crippen molar-refractivity contribution in [3.63, 3.8) is 0 Å². The van der Waals surface area contributed by atoms with Crippen LogP contribution in [0.1, 0.15) is 226 Å². The number of ether oxygens (including phenoxy) is 3. The Morgan fingerprint density at radius 1 is 0.388 bits per heavy atom. The lowest BCUT2D eigenvalue weighted by Gasteiger charge is -2.18. The average molecular weight is 693 g/mol. The van der Waals surface area contributed by atoms with Crippen molar-refractivity contribution in [1.29, 1.82) is 0 Å². The molecule has 0 heterocycles. The van der Waals surface area contributed by atoms with Crippen LogP contribution < -0.4 is 0 Å². The summed E-state index contributed by atoms with van der Waals surface area (Å²) < 4.78 is 16.5. The van der Waals surface area contributed by atoms with Crippen LogP contribution in [-0.4, -0.2) is 37.2 Å². The highest BCUT2D eigenvalue weighted by Gasteiger charge is 2.19. The topological polar surface area (TPSA) is 78.9 Å². The zero-order valence-electron chi connectivity index (χ0n) is 32.7. The minimum Gasteiger partial charge on any atom is -0.462 e. The van der Waals surface area contributed by atoms with Gasteiger partial charge in [-0.25, -0.2) is 0 Å². The molecule has 0 bridgehead atoms. The summed E-state index contributed by atoms with van der Waals surface area (Å²) in [6, 6.07) is 0. The molecule has 0 aliphatic heterocycles. The first kappa shape index (κ1) is 47.1. The second-order valence-electron chi connectivity index (χ2n) is 14.3. The minimum atomic E-state index is -0.761. The molecule has 49 heavy (non-hydrogen) atoms. The normalized spacial score (nSPS) is 12.0. The quantitative estimate of drug-likeness (QED) is 0.0277. The van der Waals surface area contributed by atoms with E-state index < -0.39 is 6.10 Å². The van der Waals surface area contributed by atoms with Crippen LogP contribution in [0.15, 0.2) is 12.2 Å². The second-order valence-corrected chi connectivity index (χ2v) is 14.3. The number of unbranched alkanes of at least 4 members (excludes halogenated alkanes) is 25. The van der Waals surface area contributed by atoms with E-state index in [1.165, 1.54) is 122 Å². The molecule has 0 aliphatic rings. The van der Waals surface area contributed by atoms with Crippen molar-refractivity contribution in [3.05, 3.63) is 12.2 Å². The predicted octanol–water partition coefficient (Wildman–Crippen LogP) is 13.1. The van der Waals surface area contributed by atoms with Crippen molar-refractivity contribution in [2.75, 3.05) is 13.2 Å². The molecular formula is C43H80O6. The van der Waals surface area contributed by atoms with Gasteiger partial charge in [0.15, 0.2) is 6.10 Å². The van der Waals surface area contributed by atoms with Crippen LogP contribution in [0.25, 0.3) is 0 Å². The van der Waals surface area contributed by atoms with E-state index in [0.29, 0.717) is 19.3 Å². The molecule has 6 heteroatoms. The third kappa shape index (κ3) is 37.2. The van der Waals surface area contributed by atoms with Crippen LogP contribution in [0.5, 0.6) is 0 Å². The highest BCUT2D eigenvalue weighted by atomic mass is 16.6. The van der Waals surface area contributed by atoms with Crippen LogP contribution in [-0.2, 0) is 28.6 Å². The Bertz CT molecular complexity index is 763. The van der Waals surface area contributed by atoms with E-state index in [1.807, 2.05) is 0 Å². The first-order chi connectivity index (χ1) is 24.0. The average Bonchev–Trinajstić information content (AvgIpc) is 3.09. The lowest BCUT2D eigenvalue weighted by molar-refractivity contribution is -0.167. The van der Waals surface area contributed by atoms with E-state index in [2.05, 4.69) is 32.9 Å². The molecule has 0 rings (SSSR count). The van der Waals surface area contributed by atoms with Crippen molar-refractivity contribution >= 4 is 17.9 Å². The monoisotopic (exact) mass is 693 g/mol. The number of rotatable bonds is 38. The third-order valence-corrected chi connectivity index (χ3v) is 9.27. The molecule has 0 N–H and O–H groups in total. The fourth-order valence-corrected chi connectivity index (χ4v) is 6.02. The second kappa shape index (κ2) is 38.9. The number of allylic oxidation sites excluding steroid dienone is 2. The van der Waals surface area contributed by atoms with Gasteiger partial charge in [0.05, 0.1) is 0 Å². The number of hydrogen-bond donors (Lipinski definition) is 0. The van der Waals surface area contributed by atoms with Gasteiger partial charge in [0.1, 0.15) is 13.2 Å². The summed E-state index contributed by atoms with van der Waals surface area (Å²) in [4.78, 5) is 37.1. The molecule has 0 aromatic heterocycles. The molecule has 0 radical (unpaired) electrons. The maximum atomic E-state index is 12.6. The Morgan fingerprint density at radius 3 is 1.06 bits per heavy atom. The third-order valence-electron chi connectivity index (χ3n) is 9.27. The zero-order valence-corrected chi connectivity index (χ0v) is 32.7. The molecule has 0 amide bonds. The fraction of sp³-hybridized carbons (Fsp3) is 0.884. The van der Waals surface area contributed by atoms with Gasteiger partial charge in [0.2, 0.25) is 0 Å². The van der Waals surface area contributed by atoms with Gasteiger partial charge in [-0.05, 0) is 44.9 Å². The van der Waals surface area contributed by atoms with Crippen molar-refractivity contribution in [1.82, 2.24) is 0 Å². The van der Waals surface area contributed by atoms with Gasteiger partial charge in [0.25, 0.3) is 0 Å². The molecule has 0 saturated heterocycles. The Morgan fingerprint density at radius 2 is 0.673 bits per heavy atom. The van der Waals surface area contributed by atoms with Gasteiger partial charge >= 0.3 is 17.9 Å². The van der Waals surface area contributed by atoms with Crippen molar-refractivity contribution in [2.24, 2.45) is 0 Å². The summed E-state index contributed by atoms with van der Waals surface area (Å²) in [5.41, 5.74) is 0. The van der Waals surface area contributed by atoms with Crippen LogP contribution in [0.4, 0.5) is 0 Å². The largest absolute Gasteiger partial charge is 0.462 e. The van der Waals surface area contributed by atoms with Gasteiger partial charge in [-0.2, -0.15) is 0 Å². The Labute approximate surface area is 303 Å². The van der Waals surface area contributed by atoms with E-state index in [-0.39, 0.29) is 31.1 Å². The molecule has 6 nitrogen and oxygen atoms in total. The van der Waals surface area contributed by atoms with E-state index in [4.69, 9.17) is 14.2 Å². The maximum absolute atomic E-state index is 12.6. The van der Waals surface area contributed by atoms with Crippen LogP contribution in [0, 0.1) is 0 Å². The van der Waals surface area contributed by atoms with E-state index >= 15 is 0 Å². The first-order valence-corrected chi connectivity index (χ1v) is 21.2. The summed E-state index contributed by atoms with van der Waals surface area (Å²) >= 11 is 0. The summed E-state index contributed by atoms with van der Waals surface area (Å²) in [7, 11) is 0. The molecule has 0 aromatic carbocycles. The van der Waals surface area contributed by atoms with Gasteiger partial charge in [-0.1, -0.05) is 174 Å². The molecule has 0 aromatic rings. The lowest BCUT2D eigenvalue weighted by Crippen LogP contribution is -2.30. The number of esters is 3. The zero-order chi connectivity index (χ0) is 35.9. The van der Waals surface area contributed by atoms with Crippen LogP contribution in [0.3, 0.4) is 0 Å². The summed E-state index contributed by atoms with van der Waals surface area (Å²) in [6.45, 7) is 6.46. The Balaban J connectivity index is 4.13. The van der Waals surface area contributed by atoms with Crippen molar-refractivity contribution in [2.45, 2.75) is 232 Å². The van der Waals surface area contributed by atoms with Gasteiger partial charge in [-0.3, -0.25) is 14.4 Å². The minimum absolute atomic E-state index is 0.0729. The summed E-state index contributed by atoms with van der Waals surface area (Å²) in [5.74, 6) is -0.904. The van der Waals surface area contributed by atoms with E-state index in [0.717, 1.165) is 64.2 Å². The van der Waals surface area contributed by atoms with Crippen molar-refractivity contribution in [3.8, 4) is 0 Å². The molecule has 0 spiro atoms. The van der Waals surface area contributed by atoms with Crippen LogP contribution in [0.2, 0.25) is 0 Å².